The van der Waals surface area contributed by atoms with Crippen LogP contribution < -0.4 is 0 Å². The summed E-state index contributed by atoms with van der Waals surface area (Å²) in [5.74, 6) is 0. The van der Waals surface area contributed by atoms with Gasteiger partial charge in [-0.25, -0.2) is 0 Å². The van der Waals surface area contributed by atoms with Gasteiger partial charge in [0.2, 0.25) is 0 Å². The Labute approximate surface area is 115 Å². The van der Waals surface area contributed by atoms with Crippen molar-refractivity contribution >= 4 is 0 Å². The molecule has 0 amide bonds. The van der Waals surface area contributed by atoms with Crippen LogP contribution in [0.25, 0.3) is 11.1 Å². The largest absolute Gasteiger partial charge is 0.380 e. The number of hydrogen-bond acceptors (Lipinski definition) is 2. The highest BCUT2D eigenvalue weighted by atomic mass is 16.5. The highest BCUT2D eigenvalue weighted by Gasteiger charge is 2.05. The molecule has 2 aromatic carbocycles. The number of hydrogen-bond donors (Lipinski definition) is 0. The molecule has 0 fully saturated rings. The summed E-state index contributed by atoms with van der Waals surface area (Å²) < 4.78 is 5.14. The van der Waals surface area contributed by atoms with Crippen LogP contribution in [-0.4, -0.2) is 26.1 Å². The van der Waals surface area contributed by atoms with E-state index in [2.05, 4.69) is 67.5 Å². The number of rotatable bonds is 5. The maximum absolute atomic E-state index is 5.14. The highest BCUT2D eigenvalue weighted by molar-refractivity contribution is 5.67. The molecule has 0 unspecified atom stereocenters. The van der Waals surface area contributed by atoms with Crippen molar-refractivity contribution in [2.45, 2.75) is 13.2 Å². The van der Waals surface area contributed by atoms with Crippen molar-refractivity contribution in [3.8, 4) is 11.1 Å². The van der Waals surface area contributed by atoms with Gasteiger partial charge < -0.3 is 9.64 Å². The van der Waals surface area contributed by atoms with E-state index in [9.17, 15) is 0 Å². The van der Waals surface area contributed by atoms with E-state index < -0.39 is 0 Å². The summed E-state index contributed by atoms with van der Waals surface area (Å²) in [6, 6.07) is 17.2. The van der Waals surface area contributed by atoms with Gasteiger partial charge in [-0.1, -0.05) is 48.5 Å². The summed E-state index contributed by atoms with van der Waals surface area (Å²) in [6.07, 6.45) is 0. The molecule has 100 valence electrons. The Balaban J connectivity index is 2.30. The lowest BCUT2D eigenvalue weighted by Gasteiger charge is -2.14. The molecular formula is C17H21NO. The van der Waals surface area contributed by atoms with Crippen molar-refractivity contribution in [1.82, 2.24) is 4.90 Å². The molecule has 0 aliphatic rings. The Morgan fingerprint density at radius 2 is 1.63 bits per heavy atom. The number of benzene rings is 2. The molecule has 0 spiro atoms. The maximum atomic E-state index is 5.14. The molecule has 0 heterocycles. The summed E-state index contributed by atoms with van der Waals surface area (Å²) in [5, 5.41) is 0. The fourth-order valence-corrected chi connectivity index (χ4v) is 2.23. The van der Waals surface area contributed by atoms with E-state index in [4.69, 9.17) is 4.74 Å². The fraction of sp³-hybridized carbons (Fsp3) is 0.294. The average Bonchev–Trinajstić information content (AvgIpc) is 2.40. The third kappa shape index (κ3) is 3.66. The minimum Gasteiger partial charge on any atom is -0.380 e. The third-order valence-electron chi connectivity index (χ3n) is 3.08. The average molecular weight is 255 g/mol. The summed E-state index contributed by atoms with van der Waals surface area (Å²) in [4.78, 5) is 2.19. The Morgan fingerprint density at radius 1 is 0.947 bits per heavy atom. The van der Waals surface area contributed by atoms with E-state index in [1.54, 1.807) is 7.11 Å². The highest BCUT2D eigenvalue weighted by Crippen LogP contribution is 2.24. The summed E-state index contributed by atoms with van der Waals surface area (Å²) in [5.41, 5.74) is 5.13. The van der Waals surface area contributed by atoms with E-state index in [1.807, 2.05) is 0 Å². The molecule has 2 heteroatoms. The lowest BCUT2D eigenvalue weighted by molar-refractivity contribution is 0.185. The third-order valence-corrected chi connectivity index (χ3v) is 3.08. The van der Waals surface area contributed by atoms with Crippen molar-refractivity contribution in [2.24, 2.45) is 0 Å². The van der Waals surface area contributed by atoms with Crippen LogP contribution in [0.4, 0.5) is 0 Å². The van der Waals surface area contributed by atoms with Gasteiger partial charge in [0.25, 0.3) is 0 Å². The van der Waals surface area contributed by atoms with Crippen LogP contribution in [-0.2, 0) is 17.9 Å². The van der Waals surface area contributed by atoms with E-state index in [1.165, 1.54) is 22.3 Å². The van der Waals surface area contributed by atoms with Crippen LogP contribution in [0, 0.1) is 0 Å². The minimum atomic E-state index is 0.666. The zero-order valence-electron chi connectivity index (χ0n) is 11.9. The second-order valence-electron chi connectivity index (χ2n) is 5.02. The molecule has 0 saturated heterocycles. The predicted octanol–water partition coefficient (Wildman–Crippen LogP) is 3.56. The molecule has 0 atom stereocenters. The second-order valence-corrected chi connectivity index (χ2v) is 5.02. The van der Waals surface area contributed by atoms with Gasteiger partial charge in [0.05, 0.1) is 6.61 Å². The molecule has 19 heavy (non-hydrogen) atoms. The molecule has 2 nitrogen and oxygen atoms in total. The molecular weight excluding hydrogens is 234 g/mol. The van der Waals surface area contributed by atoms with Crippen LogP contribution >= 0.6 is 0 Å². The van der Waals surface area contributed by atoms with Gasteiger partial charge in [0, 0.05) is 13.7 Å². The first-order chi connectivity index (χ1) is 9.20. The lowest BCUT2D eigenvalue weighted by atomic mass is 9.98. The number of methoxy groups -OCH3 is 1. The van der Waals surface area contributed by atoms with Gasteiger partial charge in [0.1, 0.15) is 0 Å². The monoisotopic (exact) mass is 255 g/mol. The van der Waals surface area contributed by atoms with Gasteiger partial charge >= 0.3 is 0 Å². The van der Waals surface area contributed by atoms with Gasteiger partial charge in [-0.15, -0.1) is 0 Å². The molecule has 0 bridgehead atoms. The first-order valence-corrected chi connectivity index (χ1v) is 6.51. The topological polar surface area (TPSA) is 12.5 Å². The van der Waals surface area contributed by atoms with Gasteiger partial charge in [0.15, 0.2) is 0 Å². The lowest BCUT2D eigenvalue weighted by Crippen LogP contribution is -2.11. The van der Waals surface area contributed by atoms with E-state index in [-0.39, 0.29) is 0 Å². The smallest absolute Gasteiger partial charge is 0.0713 e. The minimum absolute atomic E-state index is 0.666. The Kier molecular flexibility index (Phi) is 4.72. The van der Waals surface area contributed by atoms with Crippen molar-refractivity contribution in [3.63, 3.8) is 0 Å². The fourth-order valence-electron chi connectivity index (χ4n) is 2.23. The van der Waals surface area contributed by atoms with Crippen LogP contribution in [0.15, 0.2) is 48.5 Å². The van der Waals surface area contributed by atoms with Gasteiger partial charge in [-0.05, 0) is 36.3 Å². The molecule has 0 radical (unpaired) electrons. The number of ether oxygens (including phenoxy) is 1. The zero-order chi connectivity index (χ0) is 13.7. The Bertz CT molecular complexity index is 517. The predicted molar refractivity (Wildman–Crippen MR) is 80.0 cm³/mol. The SMILES string of the molecule is COCc1ccc(-c2ccccc2CN(C)C)cc1. The van der Waals surface area contributed by atoms with Crippen LogP contribution in [0.3, 0.4) is 0 Å². The Hall–Kier alpha value is -1.64. The summed E-state index contributed by atoms with van der Waals surface area (Å²) in [6.45, 7) is 1.62. The van der Waals surface area contributed by atoms with Crippen LogP contribution in [0.1, 0.15) is 11.1 Å². The van der Waals surface area contributed by atoms with Crippen molar-refractivity contribution in [1.29, 1.82) is 0 Å². The van der Waals surface area contributed by atoms with Gasteiger partial charge in [-0.3, -0.25) is 0 Å². The van der Waals surface area contributed by atoms with Gasteiger partial charge in [-0.2, -0.15) is 0 Å². The molecule has 0 aliphatic carbocycles. The van der Waals surface area contributed by atoms with Crippen molar-refractivity contribution < 1.29 is 4.74 Å². The normalized spacial score (nSPS) is 10.9. The van der Waals surface area contributed by atoms with Crippen molar-refractivity contribution in [2.75, 3.05) is 21.2 Å². The molecule has 0 saturated carbocycles. The first-order valence-electron chi connectivity index (χ1n) is 6.51. The van der Waals surface area contributed by atoms with Crippen molar-refractivity contribution in [3.05, 3.63) is 59.7 Å². The molecule has 0 aliphatic heterocycles. The molecule has 2 aromatic rings. The van der Waals surface area contributed by atoms with Crippen LogP contribution in [0.2, 0.25) is 0 Å². The first kappa shape index (κ1) is 13.8. The quantitative estimate of drug-likeness (QED) is 0.810. The number of nitrogens with zero attached hydrogens (tertiary/aromatic N) is 1. The second kappa shape index (κ2) is 6.50. The summed E-state index contributed by atoms with van der Waals surface area (Å²) >= 11 is 0. The zero-order valence-corrected chi connectivity index (χ0v) is 11.9. The molecule has 0 aromatic heterocycles. The van der Waals surface area contributed by atoms with E-state index in [0.29, 0.717) is 6.61 Å². The Morgan fingerprint density at radius 3 is 2.26 bits per heavy atom. The maximum Gasteiger partial charge on any atom is 0.0713 e. The summed E-state index contributed by atoms with van der Waals surface area (Å²) in [7, 11) is 5.91. The molecule has 0 N–H and O–H groups in total. The van der Waals surface area contributed by atoms with E-state index >= 15 is 0 Å². The van der Waals surface area contributed by atoms with Crippen LogP contribution in [0.5, 0.6) is 0 Å². The standard InChI is InChI=1S/C17H21NO/c1-18(2)12-16-6-4-5-7-17(16)15-10-8-14(9-11-15)13-19-3/h4-11H,12-13H2,1-3H3. The molecule has 2 rings (SSSR count). The van der Waals surface area contributed by atoms with E-state index in [0.717, 1.165) is 6.54 Å².